The number of hydrogen-bond donors (Lipinski definition) is 2. The molecule has 0 bridgehead atoms. The van der Waals surface area contributed by atoms with E-state index >= 15 is 0 Å². The van der Waals surface area contributed by atoms with Gasteiger partial charge in [0, 0.05) is 6.54 Å². The highest BCUT2D eigenvalue weighted by Gasteiger charge is 1.98. The molecule has 0 saturated heterocycles. The minimum absolute atomic E-state index is 0.393. The van der Waals surface area contributed by atoms with Crippen molar-refractivity contribution in [3.05, 3.63) is 35.9 Å². The topological polar surface area (TPSA) is 50.4 Å². The summed E-state index contributed by atoms with van der Waals surface area (Å²) in [5, 5.41) is 3.19. The van der Waals surface area contributed by atoms with Crippen LogP contribution in [0.25, 0.3) is 0 Å². The molecule has 4 nitrogen and oxygen atoms in total. The van der Waals surface area contributed by atoms with Crippen LogP contribution in [0.2, 0.25) is 0 Å². The maximum Gasteiger partial charge on any atom is 0.417 e. The summed E-state index contributed by atoms with van der Waals surface area (Å²) in [5.74, 6) is 0.647. The van der Waals surface area contributed by atoms with Gasteiger partial charge in [-0.25, -0.2) is 4.79 Å². The van der Waals surface area contributed by atoms with E-state index in [1.807, 2.05) is 18.2 Å². The van der Waals surface area contributed by atoms with Crippen molar-refractivity contribution in [3.63, 3.8) is 0 Å². The van der Waals surface area contributed by atoms with Gasteiger partial charge in [0.2, 0.25) is 0 Å². The molecule has 0 aromatic heterocycles. The molecule has 0 unspecified atom stereocenters. The monoisotopic (exact) mass is 240 g/mol. The van der Waals surface area contributed by atoms with E-state index in [0.717, 1.165) is 6.54 Å². The van der Waals surface area contributed by atoms with Crippen molar-refractivity contribution in [1.82, 2.24) is 10.0 Å². The molecule has 0 aliphatic heterocycles. The van der Waals surface area contributed by atoms with Crippen LogP contribution in [0.4, 0.5) is 4.79 Å². The molecule has 0 saturated carbocycles. The standard InChI is InChI=1S/C11H16N2O2S/c1-2-15-11(14)13-16-9-12-8-10-6-4-3-5-7-10/h3-7,12H,2,8-9H2,1H3,(H,13,14). The second-order valence-corrected chi connectivity index (χ2v) is 3.81. The molecular weight excluding hydrogens is 224 g/mol. The van der Waals surface area contributed by atoms with E-state index in [2.05, 4.69) is 22.2 Å². The number of benzene rings is 1. The van der Waals surface area contributed by atoms with Gasteiger partial charge in [-0.3, -0.25) is 4.72 Å². The van der Waals surface area contributed by atoms with E-state index < -0.39 is 6.09 Å². The van der Waals surface area contributed by atoms with E-state index in [9.17, 15) is 4.79 Å². The maximum atomic E-state index is 10.9. The first-order chi connectivity index (χ1) is 7.83. The normalized spacial score (nSPS) is 9.81. The first-order valence-corrected chi connectivity index (χ1v) is 6.10. The zero-order valence-corrected chi connectivity index (χ0v) is 10.0. The van der Waals surface area contributed by atoms with Crippen LogP contribution in [0.1, 0.15) is 12.5 Å². The Hall–Kier alpha value is -1.20. The van der Waals surface area contributed by atoms with E-state index in [1.54, 1.807) is 6.92 Å². The third-order valence-corrected chi connectivity index (χ3v) is 2.44. The summed E-state index contributed by atoms with van der Waals surface area (Å²) in [6.07, 6.45) is -0.394. The summed E-state index contributed by atoms with van der Waals surface area (Å²) in [6.45, 7) is 2.96. The molecule has 0 atom stereocenters. The Morgan fingerprint density at radius 3 is 2.81 bits per heavy atom. The molecule has 0 aliphatic rings. The highest BCUT2D eigenvalue weighted by atomic mass is 32.2. The van der Waals surface area contributed by atoms with E-state index in [-0.39, 0.29) is 0 Å². The highest BCUT2D eigenvalue weighted by Crippen LogP contribution is 1.98. The number of carbonyl (C=O) groups is 1. The number of amides is 1. The smallest absolute Gasteiger partial charge is 0.417 e. The first-order valence-electron chi connectivity index (χ1n) is 5.12. The van der Waals surface area contributed by atoms with Crippen molar-refractivity contribution in [2.45, 2.75) is 13.5 Å². The van der Waals surface area contributed by atoms with Crippen LogP contribution in [-0.2, 0) is 11.3 Å². The maximum absolute atomic E-state index is 10.9. The quantitative estimate of drug-likeness (QED) is 0.454. The van der Waals surface area contributed by atoms with Crippen molar-refractivity contribution in [2.24, 2.45) is 0 Å². The number of ether oxygens (including phenoxy) is 1. The van der Waals surface area contributed by atoms with Crippen LogP contribution < -0.4 is 10.0 Å². The van der Waals surface area contributed by atoms with Gasteiger partial charge in [0.05, 0.1) is 12.5 Å². The van der Waals surface area contributed by atoms with Crippen LogP contribution >= 0.6 is 11.9 Å². The summed E-state index contributed by atoms with van der Waals surface area (Å²) in [6, 6.07) is 10.1. The molecule has 1 rings (SSSR count). The fourth-order valence-corrected chi connectivity index (χ4v) is 1.55. The molecule has 1 amide bonds. The van der Waals surface area contributed by atoms with Gasteiger partial charge < -0.3 is 10.1 Å². The highest BCUT2D eigenvalue weighted by molar-refractivity contribution is 7.97. The van der Waals surface area contributed by atoms with Crippen molar-refractivity contribution >= 4 is 18.0 Å². The molecule has 1 aromatic carbocycles. The lowest BCUT2D eigenvalue weighted by Gasteiger charge is -2.05. The van der Waals surface area contributed by atoms with Gasteiger partial charge in [0.25, 0.3) is 0 Å². The first kappa shape index (κ1) is 12.9. The van der Waals surface area contributed by atoms with E-state index in [4.69, 9.17) is 4.74 Å². The lowest BCUT2D eigenvalue weighted by Crippen LogP contribution is -2.21. The summed E-state index contributed by atoms with van der Waals surface area (Å²) < 4.78 is 7.27. The Balaban J connectivity index is 2.02. The molecule has 88 valence electrons. The second kappa shape index (κ2) is 8.01. The molecule has 0 radical (unpaired) electrons. The minimum atomic E-state index is -0.394. The average molecular weight is 240 g/mol. The molecule has 0 spiro atoms. The third-order valence-electron chi connectivity index (χ3n) is 1.78. The number of carbonyl (C=O) groups excluding carboxylic acids is 1. The van der Waals surface area contributed by atoms with Crippen LogP contribution in [0.5, 0.6) is 0 Å². The van der Waals surface area contributed by atoms with Gasteiger partial charge in [0.1, 0.15) is 0 Å². The lowest BCUT2D eigenvalue weighted by atomic mass is 10.2. The van der Waals surface area contributed by atoms with Crippen molar-refractivity contribution < 1.29 is 9.53 Å². The fraction of sp³-hybridized carbons (Fsp3) is 0.364. The minimum Gasteiger partial charge on any atom is -0.449 e. The Morgan fingerprint density at radius 1 is 1.38 bits per heavy atom. The Labute approximate surface area is 99.9 Å². The third kappa shape index (κ3) is 5.63. The Bertz CT molecular complexity index is 306. The van der Waals surface area contributed by atoms with Gasteiger partial charge in [-0.2, -0.15) is 0 Å². The van der Waals surface area contributed by atoms with Gasteiger partial charge >= 0.3 is 6.09 Å². The van der Waals surface area contributed by atoms with Crippen molar-refractivity contribution in [2.75, 3.05) is 12.5 Å². The average Bonchev–Trinajstić information content (AvgIpc) is 2.30. The predicted molar refractivity (Wildman–Crippen MR) is 65.9 cm³/mol. The lowest BCUT2D eigenvalue weighted by molar-refractivity contribution is 0.159. The number of nitrogens with one attached hydrogen (secondary N) is 2. The molecule has 0 fully saturated rings. The predicted octanol–water partition coefficient (Wildman–Crippen LogP) is 2.13. The van der Waals surface area contributed by atoms with Crippen molar-refractivity contribution in [1.29, 1.82) is 0 Å². The zero-order chi connectivity index (χ0) is 11.6. The zero-order valence-electron chi connectivity index (χ0n) is 9.23. The van der Waals surface area contributed by atoms with E-state index in [1.165, 1.54) is 17.5 Å². The van der Waals surface area contributed by atoms with Gasteiger partial charge in [-0.15, -0.1) is 0 Å². The molecule has 16 heavy (non-hydrogen) atoms. The number of hydrogen-bond acceptors (Lipinski definition) is 4. The Kier molecular flexibility index (Phi) is 6.44. The molecule has 2 N–H and O–H groups in total. The van der Waals surface area contributed by atoms with Crippen molar-refractivity contribution in [3.8, 4) is 0 Å². The van der Waals surface area contributed by atoms with Crippen LogP contribution in [-0.4, -0.2) is 18.6 Å². The largest absolute Gasteiger partial charge is 0.449 e. The summed E-state index contributed by atoms with van der Waals surface area (Å²) in [7, 11) is 0. The van der Waals surface area contributed by atoms with E-state index in [0.29, 0.717) is 12.5 Å². The summed E-state index contributed by atoms with van der Waals surface area (Å²) >= 11 is 1.28. The fourth-order valence-electron chi connectivity index (χ4n) is 1.10. The summed E-state index contributed by atoms with van der Waals surface area (Å²) in [4.78, 5) is 10.9. The van der Waals surface area contributed by atoms with Gasteiger partial charge in [-0.05, 0) is 24.4 Å². The van der Waals surface area contributed by atoms with Crippen LogP contribution in [0, 0.1) is 0 Å². The molecule has 5 heteroatoms. The molecular formula is C11H16N2O2S. The SMILES string of the molecule is CCOC(=O)NSCNCc1ccccc1. The van der Waals surface area contributed by atoms with Gasteiger partial charge in [-0.1, -0.05) is 30.3 Å². The summed E-state index contributed by atoms with van der Waals surface area (Å²) in [5.41, 5.74) is 1.22. The van der Waals surface area contributed by atoms with Crippen LogP contribution in [0.3, 0.4) is 0 Å². The second-order valence-electron chi connectivity index (χ2n) is 3.02. The van der Waals surface area contributed by atoms with Crippen LogP contribution in [0.15, 0.2) is 30.3 Å². The number of rotatable bonds is 6. The molecule has 0 heterocycles. The van der Waals surface area contributed by atoms with Gasteiger partial charge in [0.15, 0.2) is 0 Å². The Morgan fingerprint density at radius 2 is 2.12 bits per heavy atom. The molecule has 1 aromatic rings. The molecule has 0 aliphatic carbocycles.